The molecule has 14 heavy (non-hydrogen) atoms. The number of benzene rings is 1. The van der Waals surface area contributed by atoms with E-state index < -0.39 is 12.3 Å². The molecule has 0 bridgehead atoms. The zero-order valence-corrected chi connectivity index (χ0v) is 8.98. The number of hydrogen-bond acceptors (Lipinski definition) is 4. The van der Waals surface area contributed by atoms with Crippen molar-refractivity contribution < 1.29 is 15.3 Å². The number of hydrogen-bond donors (Lipinski definition) is 4. The fourth-order valence-corrected chi connectivity index (χ4v) is 1.59. The van der Waals surface area contributed by atoms with Gasteiger partial charge in [-0.15, -0.1) is 0 Å². The molecule has 5 N–H and O–H groups in total. The molecule has 4 nitrogen and oxygen atoms in total. The molecule has 5 heteroatoms. The van der Waals surface area contributed by atoms with E-state index >= 15 is 0 Å². The summed E-state index contributed by atoms with van der Waals surface area (Å²) in [4.78, 5) is 0. The van der Waals surface area contributed by atoms with E-state index in [9.17, 15) is 0 Å². The molecule has 0 heterocycles. The first-order valence-corrected chi connectivity index (χ1v) is 4.89. The van der Waals surface area contributed by atoms with Gasteiger partial charge in [-0.25, -0.2) is 0 Å². The van der Waals surface area contributed by atoms with Crippen LogP contribution in [0.2, 0.25) is 0 Å². The number of aliphatic hydroxyl groups is 2. The van der Waals surface area contributed by atoms with Crippen LogP contribution in [0.3, 0.4) is 0 Å². The van der Waals surface area contributed by atoms with Crippen LogP contribution in [-0.4, -0.2) is 27.7 Å². The van der Waals surface area contributed by atoms with Crippen molar-refractivity contribution in [1.29, 1.82) is 0 Å². The highest BCUT2D eigenvalue weighted by Crippen LogP contribution is 2.23. The summed E-state index contributed by atoms with van der Waals surface area (Å²) in [5, 5.41) is 26.7. The van der Waals surface area contributed by atoms with Crippen LogP contribution in [0.15, 0.2) is 22.7 Å². The maximum Gasteiger partial charge on any atom is 0.167 e. The zero-order valence-electron chi connectivity index (χ0n) is 7.39. The molecule has 1 aromatic carbocycles. The molecule has 0 amide bonds. The highest BCUT2D eigenvalue weighted by molar-refractivity contribution is 9.10. The number of aromatic hydroxyl groups is 1. The van der Waals surface area contributed by atoms with Crippen LogP contribution in [0.5, 0.6) is 5.75 Å². The normalized spacial score (nSPS) is 13.2. The molecule has 0 spiro atoms. The number of phenols is 1. The van der Waals surface area contributed by atoms with Gasteiger partial charge in [-0.1, -0.05) is 22.0 Å². The quantitative estimate of drug-likeness (QED) is 0.591. The molecule has 0 radical (unpaired) electrons. The van der Waals surface area contributed by atoms with Crippen LogP contribution in [0.1, 0.15) is 5.56 Å². The Kier molecular flexibility index (Phi) is 3.88. The highest BCUT2D eigenvalue weighted by Gasteiger charge is 2.13. The smallest absolute Gasteiger partial charge is 0.167 e. The van der Waals surface area contributed by atoms with Crippen LogP contribution in [0, 0.1) is 0 Å². The predicted octanol–water partition coefficient (Wildman–Crippen LogP) is 0.335. The Bertz CT molecular complexity index is 317. The van der Waals surface area contributed by atoms with Crippen LogP contribution >= 0.6 is 15.9 Å². The van der Waals surface area contributed by atoms with Crippen molar-refractivity contribution in [3.05, 3.63) is 28.2 Å². The van der Waals surface area contributed by atoms with Gasteiger partial charge in [-0.05, 0) is 24.1 Å². The first kappa shape index (κ1) is 11.5. The summed E-state index contributed by atoms with van der Waals surface area (Å²) >= 11 is 3.25. The number of nitrogens with two attached hydrogens (primary N) is 1. The van der Waals surface area contributed by atoms with Gasteiger partial charge in [0.25, 0.3) is 0 Å². The largest absolute Gasteiger partial charge is 0.508 e. The van der Waals surface area contributed by atoms with E-state index in [0.29, 0.717) is 10.9 Å². The molecule has 0 saturated carbocycles. The molecule has 0 aromatic heterocycles. The summed E-state index contributed by atoms with van der Waals surface area (Å²) in [6.45, 7) is 0. The van der Waals surface area contributed by atoms with Crippen molar-refractivity contribution in [2.75, 3.05) is 0 Å². The first-order valence-electron chi connectivity index (χ1n) is 4.10. The lowest BCUT2D eigenvalue weighted by Crippen LogP contribution is -2.36. The monoisotopic (exact) mass is 261 g/mol. The van der Waals surface area contributed by atoms with Crippen molar-refractivity contribution in [2.45, 2.75) is 18.8 Å². The minimum Gasteiger partial charge on any atom is -0.508 e. The third-order valence-electron chi connectivity index (χ3n) is 1.88. The Morgan fingerprint density at radius 1 is 1.36 bits per heavy atom. The number of phenolic OH excluding ortho intramolecular Hbond substituents is 1. The second kappa shape index (κ2) is 4.75. The topological polar surface area (TPSA) is 86.7 Å². The molecule has 0 fully saturated rings. The minimum absolute atomic E-state index is 0.152. The average Bonchev–Trinajstić information content (AvgIpc) is 2.09. The van der Waals surface area contributed by atoms with E-state index in [4.69, 9.17) is 21.1 Å². The zero-order chi connectivity index (χ0) is 10.7. The fourth-order valence-electron chi connectivity index (χ4n) is 1.06. The molecule has 1 atom stereocenters. The number of aliphatic hydroxyl groups excluding tert-OH is 1. The predicted molar refractivity (Wildman–Crippen MR) is 55.7 cm³/mol. The van der Waals surface area contributed by atoms with E-state index in [1.54, 1.807) is 6.07 Å². The first-order chi connectivity index (χ1) is 6.50. The Hall–Kier alpha value is -0.620. The number of rotatable bonds is 3. The lowest BCUT2D eigenvalue weighted by Gasteiger charge is -2.14. The molecular formula is C9H12BrNO3. The van der Waals surface area contributed by atoms with Gasteiger partial charge >= 0.3 is 0 Å². The lowest BCUT2D eigenvalue weighted by atomic mass is 10.1. The van der Waals surface area contributed by atoms with Gasteiger partial charge < -0.3 is 21.1 Å². The van der Waals surface area contributed by atoms with E-state index in [-0.39, 0.29) is 5.75 Å². The van der Waals surface area contributed by atoms with Crippen molar-refractivity contribution in [1.82, 2.24) is 0 Å². The van der Waals surface area contributed by atoms with Crippen molar-refractivity contribution in [3.8, 4) is 5.75 Å². The molecule has 0 unspecified atom stereocenters. The Morgan fingerprint density at radius 3 is 2.50 bits per heavy atom. The van der Waals surface area contributed by atoms with Gasteiger partial charge in [-0.2, -0.15) is 0 Å². The average molecular weight is 262 g/mol. The van der Waals surface area contributed by atoms with E-state index in [1.165, 1.54) is 12.1 Å². The lowest BCUT2D eigenvalue weighted by molar-refractivity contribution is -0.0577. The van der Waals surface area contributed by atoms with E-state index in [0.717, 1.165) is 5.56 Å². The van der Waals surface area contributed by atoms with Gasteiger partial charge in [0.2, 0.25) is 0 Å². The Morgan fingerprint density at radius 2 is 2.00 bits per heavy atom. The molecule has 1 rings (SSSR count). The summed E-state index contributed by atoms with van der Waals surface area (Å²) in [5.74, 6) is 0.152. The summed E-state index contributed by atoms with van der Waals surface area (Å²) in [6, 6.07) is 4.01. The molecule has 1 aromatic rings. The maximum atomic E-state index is 9.12. The SMILES string of the molecule is N[C@@H](Cc1ccc(O)cc1Br)C(O)O. The molecule has 0 saturated heterocycles. The molecule has 78 valence electrons. The van der Waals surface area contributed by atoms with Crippen LogP contribution in [0.4, 0.5) is 0 Å². The van der Waals surface area contributed by atoms with Gasteiger partial charge in [0, 0.05) is 4.47 Å². The second-order valence-electron chi connectivity index (χ2n) is 3.06. The summed E-state index contributed by atoms with van der Waals surface area (Å²) in [7, 11) is 0. The van der Waals surface area contributed by atoms with Gasteiger partial charge in [0.05, 0.1) is 6.04 Å². The maximum absolute atomic E-state index is 9.12. The summed E-state index contributed by atoms with van der Waals surface area (Å²) in [5.41, 5.74) is 6.29. The van der Waals surface area contributed by atoms with Gasteiger partial charge in [0.1, 0.15) is 5.75 Å². The number of halogens is 1. The van der Waals surface area contributed by atoms with Crippen molar-refractivity contribution >= 4 is 15.9 Å². The standard InChI is InChI=1S/C9H12BrNO3/c10-7-4-6(12)2-1-5(7)3-8(11)9(13)14/h1-2,4,8-9,12-14H,3,11H2/t8-/m0/s1. The van der Waals surface area contributed by atoms with Gasteiger partial charge in [0.15, 0.2) is 6.29 Å². The summed E-state index contributed by atoms with van der Waals surface area (Å²) in [6.07, 6.45) is -1.20. The molecule has 0 aliphatic carbocycles. The highest BCUT2D eigenvalue weighted by atomic mass is 79.9. The molecular weight excluding hydrogens is 250 g/mol. The van der Waals surface area contributed by atoms with Crippen LogP contribution in [0.25, 0.3) is 0 Å². The van der Waals surface area contributed by atoms with Crippen molar-refractivity contribution in [3.63, 3.8) is 0 Å². The Balaban J connectivity index is 2.77. The van der Waals surface area contributed by atoms with Gasteiger partial charge in [-0.3, -0.25) is 0 Å². The van der Waals surface area contributed by atoms with Crippen LogP contribution < -0.4 is 5.73 Å². The van der Waals surface area contributed by atoms with Crippen molar-refractivity contribution in [2.24, 2.45) is 5.73 Å². The van der Waals surface area contributed by atoms with E-state index in [1.807, 2.05) is 0 Å². The second-order valence-corrected chi connectivity index (χ2v) is 3.91. The molecule has 0 aliphatic heterocycles. The fraction of sp³-hybridized carbons (Fsp3) is 0.333. The minimum atomic E-state index is -1.53. The molecule has 0 aliphatic rings. The van der Waals surface area contributed by atoms with Crippen LogP contribution in [-0.2, 0) is 6.42 Å². The van der Waals surface area contributed by atoms with E-state index in [2.05, 4.69) is 15.9 Å². The summed E-state index contributed by atoms with van der Waals surface area (Å²) < 4.78 is 0.702. The third-order valence-corrected chi connectivity index (χ3v) is 2.61. The third kappa shape index (κ3) is 2.95. The Labute approximate surface area is 90.1 Å².